The van der Waals surface area contributed by atoms with Gasteiger partial charge in [0, 0.05) is 51.0 Å². The van der Waals surface area contributed by atoms with Gasteiger partial charge in [0.2, 0.25) is 0 Å². The van der Waals surface area contributed by atoms with E-state index in [0.29, 0.717) is 12.6 Å². The van der Waals surface area contributed by atoms with Crippen LogP contribution in [0.4, 0.5) is 5.69 Å². The monoisotopic (exact) mass is 431 g/mol. The normalized spacial score (nSPS) is 17.7. The van der Waals surface area contributed by atoms with Crippen LogP contribution in [-0.2, 0) is 13.1 Å². The number of anilines is 1. The molecule has 0 saturated carbocycles. The van der Waals surface area contributed by atoms with E-state index in [1.165, 1.54) is 22.4 Å². The Morgan fingerprint density at radius 1 is 1.00 bits per heavy atom. The van der Waals surface area contributed by atoms with Gasteiger partial charge < -0.3 is 15.5 Å². The van der Waals surface area contributed by atoms with Gasteiger partial charge in [-0.15, -0.1) is 0 Å². The van der Waals surface area contributed by atoms with Crippen molar-refractivity contribution in [2.45, 2.75) is 45.8 Å². The number of likely N-dealkylation sites (tertiary alicyclic amines) is 1. The predicted molar refractivity (Wildman–Crippen MR) is 135 cm³/mol. The average Bonchev–Trinajstić information content (AvgIpc) is 3.34. The predicted octanol–water partition coefficient (Wildman–Crippen LogP) is 4.09. The number of benzene rings is 2. The number of rotatable bonds is 7. The van der Waals surface area contributed by atoms with Crippen molar-refractivity contribution in [3.63, 3.8) is 0 Å². The Morgan fingerprint density at radius 3 is 2.44 bits per heavy atom. The molecule has 2 aliphatic heterocycles. The zero-order valence-corrected chi connectivity index (χ0v) is 19.6. The molecule has 2 aromatic carbocycles. The van der Waals surface area contributed by atoms with Crippen LogP contribution in [-0.4, -0.2) is 49.6 Å². The van der Waals surface area contributed by atoms with Crippen molar-refractivity contribution < 1.29 is 0 Å². The molecule has 5 nitrogen and oxygen atoms in total. The quantitative estimate of drug-likeness (QED) is 0.394. The van der Waals surface area contributed by atoms with Gasteiger partial charge in [0.05, 0.1) is 6.54 Å². The molecule has 0 aliphatic carbocycles. The van der Waals surface area contributed by atoms with Crippen LogP contribution in [0.25, 0.3) is 0 Å². The van der Waals surface area contributed by atoms with Crippen LogP contribution in [0.15, 0.2) is 65.7 Å². The van der Waals surface area contributed by atoms with E-state index in [-0.39, 0.29) is 0 Å². The minimum atomic E-state index is 0.478. The fourth-order valence-corrected chi connectivity index (χ4v) is 4.49. The Kier molecular flexibility index (Phi) is 7.83. The number of guanidine groups is 1. The fourth-order valence-electron chi connectivity index (χ4n) is 4.49. The summed E-state index contributed by atoms with van der Waals surface area (Å²) in [5.74, 6) is 0.928. The first-order chi connectivity index (χ1) is 15.7. The van der Waals surface area contributed by atoms with Crippen LogP contribution in [0, 0.1) is 6.92 Å². The number of hydrogen-bond donors (Lipinski definition) is 2. The molecule has 170 valence electrons. The van der Waals surface area contributed by atoms with Crippen molar-refractivity contribution in [2.75, 3.05) is 37.6 Å². The number of aryl methyl sites for hydroxylation is 1. The van der Waals surface area contributed by atoms with Gasteiger partial charge in [0.25, 0.3) is 0 Å². The molecule has 0 unspecified atom stereocenters. The molecule has 0 aromatic heterocycles. The fraction of sp³-hybridized carbons (Fsp3) is 0.444. The highest BCUT2D eigenvalue weighted by atomic mass is 15.2. The second-order valence-corrected chi connectivity index (χ2v) is 8.92. The van der Waals surface area contributed by atoms with Gasteiger partial charge in [-0.05, 0) is 49.9 Å². The summed E-state index contributed by atoms with van der Waals surface area (Å²) < 4.78 is 0. The molecule has 0 bridgehead atoms. The minimum absolute atomic E-state index is 0.478. The van der Waals surface area contributed by atoms with E-state index in [1.807, 2.05) is 0 Å². The lowest BCUT2D eigenvalue weighted by atomic mass is 10.0. The lowest BCUT2D eigenvalue weighted by Crippen LogP contribution is -2.48. The largest absolute Gasteiger partial charge is 0.364 e. The maximum Gasteiger partial charge on any atom is 0.191 e. The molecule has 0 atom stereocenters. The van der Waals surface area contributed by atoms with E-state index in [2.05, 4.69) is 95.0 Å². The van der Waals surface area contributed by atoms with Crippen LogP contribution >= 0.6 is 0 Å². The SMILES string of the molecule is CCNC(=NCc1ccc(N2CC=CC2)cc1)NC1CCN(Cc2cccc(C)c2)CC1. The summed E-state index contributed by atoms with van der Waals surface area (Å²) in [5.41, 5.74) is 5.28. The van der Waals surface area contributed by atoms with Crippen LogP contribution in [0.5, 0.6) is 0 Å². The zero-order valence-electron chi connectivity index (χ0n) is 19.6. The molecule has 32 heavy (non-hydrogen) atoms. The third kappa shape index (κ3) is 6.36. The first-order valence-electron chi connectivity index (χ1n) is 12.0. The summed E-state index contributed by atoms with van der Waals surface area (Å²) in [6.45, 7) is 11.2. The molecule has 1 fully saturated rings. The molecule has 5 heteroatoms. The minimum Gasteiger partial charge on any atom is -0.364 e. The summed E-state index contributed by atoms with van der Waals surface area (Å²) in [4.78, 5) is 9.79. The van der Waals surface area contributed by atoms with E-state index in [4.69, 9.17) is 4.99 Å². The Balaban J connectivity index is 1.26. The molecule has 2 aliphatic rings. The summed E-state index contributed by atoms with van der Waals surface area (Å²) in [5, 5.41) is 7.09. The average molecular weight is 432 g/mol. The zero-order chi connectivity index (χ0) is 22.2. The van der Waals surface area contributed by atoms with Gasteiger partial charge in [0.1, 0.15) is 0 Å². The molecule has 2 heterocycles. The van der Waals surface area contributed by atoms with Crippen LogP contribution in [0.3, 0.4) is 0 Å². The maximum atomic E-state index is 4.86. The number of nitrogens with one attached hydrogen (secondary N) is 2. The van der Waals surface area contributed by atoms with E-state index in [1.54, 1.807) is 0 Å². The van der Waals surface area contributed by atoms with Gasteiger partial charge in [-0.3, -0.25) is 4.90 Å². The Morgan fingerprint density at radius 2 is 1.75 bits per heavy atom. The smallest absolute Gasteiger partial charge is 0.191 e. The van der Waals surface area contributed by atoms with Crippen molar-refractivity contribution in [1.29, 1.82) is 0 Å². The highest BCUT2D eigenvalue weighted by Gasteiger charge is 2.20. The van der Waals surface area contributed by atoms with Gasteiger partial charge in [0.15, 0.2) is 5.96 Å². The number of hydrogen-bond acceptors (Lipinski definition) is 3. The van der Waals surface area contributed by atoms with Crippen LogP contribution < -0.4 is 15.5 Å². The van der Waals surface area contributed by atoms with Crippen LogP contribution in [0.1, 0.15) is 36.5 Å². The van der Waals surface area contributed by atoms with Gasteiger partial charge in [-0.25, -0.2) is 4.99 Å². The van der Waals surface area contributed by atoms with Crippen LogP contribution in [0.2, 0.25) is 0 Å². The second-order valence-electron chi connectivity index (χ2n) is 8.92. The van der Waals surface area contributed by atoms with E-state index in [9.17, 15) is 0 Å². The van der Waals surface area contributed by atoms with Gasteiger partial charge in [-0.2, -0.15) is 0 Å². The first kappa shape index (κ1) is 22.4. The topological polar surface area (TPSA) is 42.9 Å². The molecule has 2 aromatic rings. The number of aliphatic imine (C=N–C) groups is 1. The standard InChI is InChI=1S/C27H37N5/c1-3-28-27(29-20-23-9-11-26(12-10-23)32-15-4-5-16-32)30-25-13-17-31(18-14-25)21-24-8-6-7-22(2)19-24/h4-12,19,25H,3,13-18,20-21H2,1-2H3,(H2,28,29,30). The molecule has 4 rings (SSSR count). The maximum absolute atomic E-state index is 4.86. The lowest BCUT2D eigenvalue weighted by molar-refractivity contribution is 0.198. The number of piperidine rings is 1. The highest BCUT2D eigenvalue weighted by Crippen LogP contribution is 2.18. The summed E-state index contributed by atoms with van der Waals surface area (Å²) in [6, 6.07) is 18.2. The Bertz CT molecular complexity index is 902. The molecule has 2 N–H and O–H groups in total. The van der Waals surface area contributed by atoms with Gasteiger partial charge >= 0.3 is 0 Å². The molecule has 0 radical (unpaired) electrons. The van der Waals surface area contributed by atoms with Crippen molar-refractivity contribution in [3.05, 3.63) is 77.4 Å². The lowest BCUT2D eigenvalue weighted by Gasteiger charge is -2.33. The molecule has 1 saturated heterocycles. The van der Waals surface area contributed by atoms with E-state index in [0.717, 1.165) is 58.1 Å². The molecule has 0 amide bonds. The van der Waals surface area contributed by atoms with Crippen molar-refractivity contribution in [2.24, 2.45) is 4.99 Å². The van der Waals surface area contributed by atoms with E-state index >= 15 is 0 Å². The summed E-state index contributed by atoms with van der Waals surface area (Å²) in [6.07, 6.45) is 6.74. The molecule has 0 spiro atoms. The summed E-state index contributed by atoms with van der Waals surface area (Å²) in [7, 11) is 0. The third-order valence-corrected chi connectivity index (χ3v) is 6.30. The number of nitrogens with zero attached hydrogens (tertiary/aromatic N) is 3. The first-order valence-corrected chi connectivity index (χ1v) is 12.0. The van der Waals surface area contributed by atoms with Crippen molar-refractivity contribution in [1.82, 2.24) is 15.5 Å². The van der Waals surface area contributed by atoms with Gasteiger partial charge in [-0.1, -0.05) is 54.1 Å². The Labute approximate surface area is 193 Å². The Hall–Kier alpha value is -2.79. The second kappa shape index (κ2) is 11.2. The molecular weight excluding hydrogens is 394 g/mol. The van der Waals surface area contributed by atoms with Crippen molar-refractivity contribution in [3.8, 4) is 0 Å². The third-order valence-electron chi connectivity index (χ3n) is 6.30. The summed E-state index contributed by atoms with van der Waals surface area (Å²) >= 11 is 0. The molecular formula is C27H37N5. The highest BCUT2D eigenvalue weighted by molar-refractivity contribution is 5.80. The van der Waals surface area contributed by atoms with E-state index < -0.39 is 0 Å². The van der Waals surface area contributed by atoms with Crippen molar-refractivity contribution >= 4 is 11.6 Å².